The summed E-state index contributed by atoms with van der Waals surface area (Å²) in [5.41, 5.74) is 20.7. The van der Waals surface area contributed by atoms with Crippen LogP contribution in [0.15, 0.2) is 170 Å². The van der Waals surface area contributed by atoms with Crippen LogP contribution in [0.2, 0.25) is 0 Å². The van der Waals surface area contributed by atoms with E-state index < -0.39 is 0 Å². The third kappa shape index (κ3) is 3.34. The van der Waals surface area contributed by atoms with Crippen molar-refractivity contribution in [1.29, 1.82) is 0 Å². The maximum absolute atomic E-state index is 3.86. The Labute approximate surface area is 331 Å². The fourth-order valence-electron chi connectivity index (χ4n) is 11.6. The number of nitrogens with one attached hydrogen (secondary N) is 1. The molecular formula is C55H31N3. The predicted octanol–water partition coefficient (Wildman–Crippen LogP) is 14.5. The van der Waals surface area contributed by atoms with E-state index in [9.17, 15) is 0 Å². The van der Waals surface area contributed by atoms with Crippen LogP contribution in [0, 0.1) is 0 Å². The standard InChI is InChI=1S/C55H31N3/c1-3-13-30(14-4-1)45-50-40-23-12-21-38-48-44(28-26-36-35-19-9-10-24-42(35)56-51(36)48)58(53(38)40)55(50)46(31-15-5-2-6-16-31)49-39-22-11-20-37-47-41-29-32-17-7-8-18-33(32)34(41)25-27-43(47)57(52(37)39)54(45)49/h1-28,56H,29H2. The predicted molar refractivity (Wildman–Crippen MR) is 244 cm³/mol. The molecule has 0 spiro atoms. The summed E-state index contributed by atoms with van der Waals surface area (Å²) < 4.78 is 5.26. The molecule has 58 heavy (non-hydrogen) atoms. The summed E-state index contributed by atoms with van der Waals surface area (Å²) in [7, 11) is 0. The van der Waals surface area contributed by atoms with Crippen LogP contribution in [-0.2, 0) is 6.42 Å². The molecule has 9 aromatic carbocycles. The Morgan fingerprint density at radius 2 is 0.897 bits per heavy atom. The molecule has 0 amide bonds. The average Bonchev–Trinajstić information content (AvgIpc) is 4.12. The average molecular weight is 734 g/mol. The number of hydrogen-bond donors (Lipinski definition) is 1. The van der Waals surface area contributed by atoms with E-state index in [0.29, 0.717) is 0 Å². The minimum Gasteiger partial charge on any atom is -0.354 e. The number of aromatic nitrogens is 3. The highest BCUT2D eigenvalue weighted by Crippen LogP contribution is 2.55. The minimum absolute atomic E-state index is 0.957. The van der Waals surface area contributed by atoms with Gasteiger partial charge in [-0.25, -0.2) is 0 Å². The SMILES string of the molecule is c1ccc(-c2c3c4cccc5c6c7[nH]c8ccccc8c7ccc6n(c3c(-c3ccccc3)c3c6cccc7c8c9c(ccc8n(c23)c76)-c2ccccc2C9)c45)cc1. The van der Waals surface area contributed by atoms with Gasteiger partial charge in [-0.15, -0.1) is 0 Å². The molecule has 3 nitrogen and oxygen atoms in total. The number of H-pyrrole nitrogens is 1. The summed E-state index contributed by atoms with van der Waals surface area (Å²) >= 11 is 0. The Kier molecular flexibility index (Phi) is 5.22. The van der Waals surface area contributed by atoms with Gasteiger partial charge in [0.2, 0.25) is 0 Å². The monoisotopic (exact) mass is 733 g/mol. The fourth-order valence-corrected chi connectivity index (χ4v) is 11.6. The van der Waals surface area contributed by atoms with Crippen molar-refractivity contribution in [1.82, 2.24) is 13.8 Å². The van der Waals surface area contributed by atoms with Crippen molar-refractivity contribution in [2.24, 2.45) is 0 Å². The van der Waals surface area contributed by atoms with Crippen molar-refractivity contribution < 1.29 is 0 Å². The van der Waals surface area contributed by atoms with Crippen LogP contribution in [0.4, 0.5) is 0 Å². The van der Waals surface area contributed by atoms with Gasteiger partial charge in [-0.1, -0.05) is 152 Å². The van der Waals surface area contributed by atoms with E-state index in [1.165, 1.54) is 143 Å². The van der Waals surface area contributed by atoms with E-state index in [1.54, 1.807) is 0 Å². The molecule has 1 N–H and O–H groups in total. The summed E-state index contributed by atoms with van der Waals surface area (Å²) in [6.45, 7) is 0. The van der Waals surface area contributed by atoms with Gasteiger partial charge in [0.1, 0.15) is 0 Å². The van der Waals surface area contributed by atoms with E-state index in [-0.39, 0.29) is 0 Å². The first-order valence-corrected chi connectivity index (χ1v) is 20.3. The van der Waals surface area contributed by atoms with Crippen molar-refractivity contribution in [3.8, 4) is 33.4 Å². The molecule has 0 aliphatic heterocycles. The summed E-state index contributed by atoms with van der Waals surface area (Å²) in [4.78, 5) is 3.86. The Morgan fingerprint density at radius 1 is 0.362 bits per heavy atom. The van der Waals surface area contributed by atoms with E-state index in [2.05, 4.69) is 184 Å². The van der Waals surface area contributed by atoms with Gasteiger partial charge in [0.05, 0.1) is 38.6 Å². The lowest BCUT2D eigenvalue weighted by molar-refractivity contribution is 1.28. The molecule has 0 unspecified atom stereocenters. The molecule has 15 rings (SSSR count). The van der Waals surface area contributed by atoms with Gasteiger partial charge < -0.3 is 13.8 Å². The Balaban J connectivity index is 1.24. The Morgan fingerprint density at radius 3 is 1.59 bits per heavy atom. The Bertz CT molecular complexity index is 4090. The maximum Gasteiger partial charge on any atom is 0.0634 e. The maximum atomic E-state index is 3.86. The second-order valence-corrected chi connectivity index (χ2v) is 16.4. The molecular weight excluding hydrogens is 703 g/mol. The zero-order valence-corrected chi connectivity index (χ0v) is 31.3. The van der Waals surface area contributed by atoms with E-state index in [4.69, 9.17) is 0 Å². The second kappa shape index (κ2) is 10.2. The second-order valence-electron chi connectivity index (χ2n) is 16.4. The molecule has 5 heterocycles. The molecule has 14 aromatic rings. The van der Waals surface area contributed by atoms with E-state index in [0.717, 1.165) is 6.42 Å². The molecule has 0 bridgehead atoms. The minimum atomic E-state index is 0.957. The number of rotatable bonds is 2. The molecule has 0 fully saturated rings. The Hall–Kier alpha value is -7.62. The third-order valence-corrected chi connectivity index (χ3v) is 13.7. The van der Waals surface area contributed by atoms with Crippen molar-refractivity contribution in [2.45, 2.75) is 6.42 Å². The van der Waals surface area contributed by atoms with E-state index >= 15 is 0 Å². The third-order valence-electron chi connectivity index (χ3n) is 13.7. The lowest BCUT2D eigenvalue weighted by atomic mass is 9.89. The van der Waals surface area contributed by atoms with Gasteiger partial charge in [0.15, 0.2) is 0 Å². The van der Waals surface area contributed by atoms with Crippen LogP contribution >= 0.6 is 0 Å². The van der Waals surface area contributed by atoms with Crippen LogP contribution in [0.3, 0.4) is 0 Å². The van der Waals surface area contributed by atoms with Gasteiger partial charge in [-0.3, -0.25) is 0 Å². The smallest absolute Gasteiger partial charge is 0.0634 e. The van der Waals surface area contributed by atoms with Crippen LogP contribution in [0.25, 0.3) is 131 Å². The quantitative estimate of drug-likeness (QED) is 0.183. The van der Waals surface area contributed by atoms with Crippen molar-refractivity contribution >= 4 is 98.0 Å². The normalized spacial score (nSPS) is 13.1. The topological polar surface area (TPSA) is 24.6 Å². The number of aromatic amines is 1. The number of para-hydroxylation sites is 3. The lowest BCUT2D eigenvalue weighted by Gasteiger charge is -2.16. The molecule has 3 heteroatoms. The molecule has 0 atom stereocenters. The lowest BCUT2D eigenvalue weighted by Crippen LogP contribution is -1.94. The van der Waals surface area contributed by atoms with Crippen molar-refractivity contribution in [3.63, 3.8) is 0 Å². The van der Waals surface area contributed by atoms with Crippen molar-refractivity contribution in [3.05, 3.63) is 181 Å². The zero-order chi connectivity index (χ0) is 37.4. The van der Waals surface area contributed by atoms with Gasteiger partial charge in [-0.2, -0.15) is 0 Å². The molecule has 5 aromatic heterocycles. The number of fused-ring (bicyclic) bond motifs is 20. The fraction of sp³-hybridized carbons (Fsp3) is 0.0182. The highest BCUT2D eigenvalue weighted by Gasteiger charge is 2.32. The molecule has 266 valence electrons. The molecule has 1 aliphatic rings. The summed E-state index contributed by atoms with van der Waals surface area (Å²) in [6, 6.07) is 63.6. The van der Waals surface area contributed by atoms with E-state index in [1.807, 2.05) is 0 Å². The largest absolute Gasteiger partial charge is 0.354 e. The molecule has 0 radical (unpaired) electrons. The zero-order valence-electron chi connectivity index (χ0n) is 31.3. The molecule has 0 saturated heterocycles. The highest BCUT2D eigenvalue weighted by atomic mass is 14.9. The van der Waals surface area contributed by atoms with Crippen LogP contribution in [0.1, 0.15) is 11.1 Å². The first-order valence-electron chi connectivity index (χ1n) is 20.3. The first-order chi connectivity index (χ1) is 28.8. The van der Waals surface area contributed by atoms with Crippen molar-refractivity contribution in [2.75, 3.05) is 0 Å². The highest BCUT2D eigenvalue weighted by molar-refractivity contribution is 6.39. The summed E-state index contributed by atoms with van der Waals surface area (Å²) in [5, 5.41) is 13.0. The first kappa shape index (κ1) is 29.6. The van der Waals surface area contributed by atoms with Gasteiger partial charge >= 0.3 is 0 Å². The van der Waals surface area contributed by atoms with Gasteiger partial charge in [0, 0.05) is 70.5 Å². The van der Waals surface area contributed by atoms with Gasteiger partial charge in [0.25, 0.3) is 0 Å². The van der Waals surface area contributed by atoms with Gasteiger partial charge in [-0.05, 0) is 58.0 Å². The summed E-state index contributed by atoms with van der Waals surface area (Å²) in [5.74, 6) is 0. The van der Waals surface area contributed by atoms with Crippen LogP contribution < -0.4 is 0 Å². The number of benzene rings is 9. The van der Waals surface area contributed by atoms with Crippen LogP contribution in [0.5, 0.6) is 0 Å². The summed E-state index contributed by atoms with van der Waals surface area (Å²) in [6.07, 6.45) is 0.957. The molecule has 0 saturated carbocycles. The molecule has 1 aliphatic carbocycles. The van der Waals surface area contributed by atoms with Crippen LogP contribution in [-0.4, -0.2) is 13.8 Å². The number of nitrogens with zero attached hydrogens (tertiary/aromatic N) is 2. The number of hydrogen-bond acceptors (Lipinski definition) is 0.